The number of aromatic nitrogens is 2. The second-order valence-electron chi connectivity index (χ2n) is 8.40. The Morgan fingerprint density at radius 3 is 2.63 bits per heavy atom. The van der Waals surface area contributed by atoms with Gasteiger partial charge in [0.05, 0.1) is 17.9 Å². The molecule has 2 aromatic rings. The highest BCUT2D eigenvalue weighted by Gasteiger charge is 2.24. The third-order valence-electron chi connectivity index (χ3n) is 4.95. The minimum Gasteiger partial charge on any atom is -0.494 e. The molecule has 1 aliphatic heterocycles. The fraction of sp³-hybridized carbons (Fsp3) is 0.545. The van der Waals surface area contributed by atoms with Crippen molar-refractivity contribution in [1.29, 1.82) is 0 Å². The first kappa shape index (κ1) is 19.6. The van der Waals surface area contributed by atoms with Crippen molar-refractivity contribution >= 4 is 0 Å². The Labute approximate surface area is 161 Å². The monoisotopic (exact) mass is 369 g/mol. The Morgan fingerprint density at radius 1 is 1.22 bits per heavy atom. The molecule has 0 unspecified atom stereocenters. The number of hydrogen-bond donors (Lipinski definition) is 1. The Kier molecular flexibility index (Phi) is 6.00. The largest absolute Gasteiger partial charge is 0.494 e. The standard InChI is InChI=1S/C22H31N3O2/c1-5-6-13-27-17-9-7-16(8-10-17)14-25-12-11-19-18(15-25)20(26)24-21(23-19)22(2,3)4/h7-10H,5-6,11-15H2,1-4H3,(H,23,24,26). The molecule has 0 radical (unpaired) electrons. The molecule has 0 fully saturated rings. The average molecular weight is 370 g/mol. The van der Waals surface area contributed by atoms with Gasteiger partial charge in [-0.1, -0.05) is 46.2 Å². The molecule has 5 heteroatoms. The van der Waals surface area contributed by atoms with Gasteiger partial charge in [-0.25, -0.2) is 4.98 Å². The molecule has 0 bridgehead atoms. The maximum atomic E-state index is 12.6. The Balaban J connectivity index is 1.65. The van der Waals surface area contributed by atoms with Crippen LogP contribution in [0.3, 0.4) is 0 Å². The zero-order valence-corrected chi connectivity index (χ0v) is 17.0. The van der Waals surface area contributed by atoms with Crippen molar-refractivity contribution in [2.24, 2.45) is 0 Å². The molecule has 146 valence electrons. The van der Waals surface area contributed by atoms with E-state index in [4.69, 9.17) is 9.72 Å². The molecular formula is C22H31N3O2. The van der Waals surface area contributed by atoms with E-state index in [9.17, 15) is 4.79 Å². The fourth-order valence-corrected chi connectivity index (χ4v) is 3.25. The van der Waals surface area contributed by atoms with E-state index >= 15 is 0 Å². The van der Waals surface area contributed by atoms with Crippen LogP contribution >= 0.6 is 0 Å². The lowest BCUT2D eigenvalue weighted by Gasteiger charge is -2.29. The van der Waals surface area contributed by atoms with Gasteiger partial charge in [-0.3, -0.25) is 9.69 Å². The maximum absolute atomic E-state index is 12.6. The first-order valence-corrected chi connectivity index (χ1v) is 9.93. The molecule has 0 amide bonds. The molecule has 0 atom stereocenters. The van der Waals surface area contributed by atoms with Gasteiger partial charge in [-0.2, -0.15) is 0 Å². The second kappa shape index (κ2) is 8.26. The van der Waals surface area contributed by atoms with Crippen LogP contribution in [0.5, 0.6) is 5.75 Å². The fourth-order valence-electron chi connectivity index (χ4n) is 3.25. The summed E-state index contributed by atoms with van der Waals surface area (Å²) in [6.07, 6.45) is 3.04. The smallest absolute Gasteiger partial charge is 0.255 e. The van der Waals surface area contributed by atoms with E-state index in [1.807, 2.05) is 12.1 Å². The Bertz CT molecular complexity index is 819. The first-order chi connectivity index (χ1) is 12.9. The number of unbranched alkanes of at least 4 members (excludes halogenated alkanes) is 1. The zero-order valence-electron chi connectivity index (χ0n) is 17.0. The van der Waals surface area contributed by atoms with E-state index in [1.54, 1.807) is 0 Å². The van der Waals surface area contributed by atoms with Gasteiger partial charge in [-0.05, 0) is 24.1 Å². The number of ether oxygens (including phenoxy) is 1. The van der Waals surface area contributed by atoms with Crippen molar-refractivity contribution in [2.45, 2.75) is 65.5 Å². The van der Waals surface area contributed by atoms with Gasteiger partial charge in [-0.15, -0.1) is 0 Å². The number of H-pyrrole nitrogens is 1. The van der Waals surface area contributed by atoms with Gasteiger partial charge in [0.2, 0.25) is 0 Å². The number of nitrogens with one attached hydrogen (secondary N) is 1. The average Bonchev–Trinajstić information content (AvgIpc) is 2.63. The van der Waals surface area contributed by atoms with Crippen molar-refractivity contribution in [3.63, 3.8) is 0 Å². The van der Waals surface area contributed by atoms with Gasteiger partial charge in [0, 0.05) is 31.5 Å². The van der Waals surface area contributed by atoms with Gasteiger partial charge < -0.3 is 9.72 Å². The number of nitrogens with zero attached hydrogens (tertiary/aromatic N) is 2. The van der Waals surface area contributed by atoms with Crippen molar-refractivity contribution in [3.05, 3.63) is 57.3 Å². The van der Waals surface area contributed by atoms with E-state index in [2.05, 4.69) is 49.7 Å². The summed E-state index contributed by atoms with van der Waals surface area (Å²) in [4.78, 5) is 22.6. The Hall–Kier alpha value is -2.14. The van der Waals surface area contributed by atoms with Crippen LogP contribution in [0.4, 0.5) is 0 Å². The Morgan fingerprint density at radius 2 is 1.96 bits per heavy atom. The number of fused-ring (bicyclic) bond motifs is 1. The van der Waals surface area contributed by atoms with Crippen molar-refractivity contribution in [2.75, 3.05) is 13.2 Å². The molecule has 3 rings (SSSR count). The summed E-state index contributed by atoms with van der Waals surface area (Å²) in [5.74, 6) is 1.70. The van der Waals surface area contributed by atoms with Gasteiger partial charge in [0.15, 0.2) is 0 Å². The lowest BCUT2D eigenvalue weighted by atomic mass is 9.95. The molecule has 1 aliphatic rings. The summed E-state index contributed by atoms with van der Waals surface area (Å²) in [5, 5.41) is 0. The van der Waals surface area contributed by atoms with E-state index in [-0.39, 0.29) is 11.0 Å². The summed E-state index contributed by atoms with van der Waals surface area (Å²) < 4.78 is 5.72. The van der Waals surface area contributed by atoms with E-state index < -0.39 is 0 Å². The SMILES string of the molecule is CCCCOc1ccc(CN2CCc3nc(C(C)(C)C)[nH]c(=O)c3C2)cc1. The third kappa shape index (κ3) is 4.98. The summed E-state index contributed by atoms with van der Waals surface area (Å²) in [6, 6.07) is 8.30. The molecule has 1 N–H and O–H groups in total. The number of benzene rings is 1. The minimum absolute atomic E-state index is 0.00861. The first-order valence-electron chi connectivity index (χ1n) is 9.93. The van der Waals surface area contributed by atoms with Crippen LogP contribution in [-0.4, -0.2) is 28.0 Å². The zero-order chi connectivity index (χ0) is 19.4. The summed E-state index contributed by atoms with van der Waals surface area (Å²) in [7, 11) is 0. The number of hydrogen-bond acceptors (Lipinski definition) is 4. The highest BCUT2D eigenvalue weighted by molar-refractivity contribution is 5.28. The molecule has 0 saturated carbocycles. The highest BCUT2D eigenvalue weighted by Crippen LogP contribution is 2.22. The predicted molar refractivity (Wildman–Crippen MR) is 108 cm³/mol. The molecule has 1 aromatic carbocycles. The highest BCUT2D eigenvalue weighted by atomic mass is 16.5. The normalized spacial score (nSPS) is 14.8. The van der Waals surface area contributed by atoms with Crippen LogP contribution in [0.25, 0.3) is 0 Å². The molecular weight excluding hydrogens is 338 g/mol. The topological polar surface area (TPSA) is 58.2 Å². The van der Waals surface area contributed by atoms with Crippen LogP contribution in [0.1, 0.15) is 63.2 Å². The predicted octanol–water partition coefficient (Wildman–Crippen LogP) is 3.80. The van der Waals surface area contributed by atoms with Crippen LogP contribution in [-0.2, 0) is 24.9 Å². The van der Waals surface area contributed by atoms with E-state index in [0.29, 0.717) is 6.54 Å². The molecule has 2 heterocycles. The minimum atomic E-state index is -0.147. The lowest BCUT2D eigenvalue weighted by Crippen LogP contribution is -2.37. The van der Waals surface area contributed by atoms with Crippen molar-refractivity contribution in [1.82, 2.24) is 14.9 Å². The molecule has 0 spiro atoms. The number of aromatic amines is 1. The second-order valence-corrected chi connectivity index (χ2v) is 8.40. The van der Waals surface area contributed by atoms with Crippen molar-refractivity contribution < 1.29 is 4.74 Å². The van der Waals surface area contributed by atoms with E-state index in [1.165, 1.54) is 5.56 Å². The van der Waals surface area contributed by atoms with Crippen LogP contribution in [0, 0.1) is 0 Å². The molecule has 0 aliphatic carbocycles. The van der Waals surface area contributed by atoms with Crippen molar-refractivity contribution in [3.8, 4) is 5.75 Å². The molecule has 27 heavy (non-hydrogen) atoms. The lowest BCUT2D eigenvalue weighted by molar-refractivity contribution is 0.240. The third-order valence-corrected chi connectivity index (χ3v) is 4.95. The summed E-state index contributed by atoms with van der Waals surface area (Å²) in [5.41, 5.74) is 2.87. The van der Waals surface area contributed by atoms with Crippen LogP contribution < -0.4 is 10.3 Å². The van der Waals surface area contributed by atoms with Gasteiger partial charge >= 0.3 is 0 Å². The molecule has 1 aromatic heterocycles. The van der Waals surface area contributed by atoms with Gasteiger partial charge in [0.25, 0.3) is 5.56 Å². The number of rotatable bonds is 6. The quantitative estimate of drug-likeness (QED) is 0.787. The van der Waals surface area contributed by atoms with Gasteiger partial charge in [0.1, 0.15) is 11.6 Å². The maximum Gasteiger partial charge on any atom is 0.255 e. The summed E-state index contributed by atoms with van der Waals surface area (Å²) in [6.45, 7) is 11.5. The summed E-state index contributed by atoms with van der Waals surface area (Å²) >= 11 is 0. The van der Waals surface area contributed by atoms with E-state index in [0.717, 1.165) is 61.8 Å². The molecule has 5 nitrogen and oxygen atoms in total. The van der Waals surface area contributed by atoms with Crippen LogP contribution in [0.2, 0.25) is 0 Å². The van der Waals surface area contributed by atoms with Crippen LogP contribution in [0.15, 0.2) is 29.1 Å². The molecule has 0 saturated heterocycles.